The number of methoxy groups -OCH3 is 1. The van der Waals surface area contributed by atoms with Crippen molar-refractivity contribution in [3.63, 3.8) is 0 Å². The van der Waals surface area contributed by atoms with Crippen LogP contribution in [0.3, 0.4) is 0 Å². The molecule has 0 aliphatic heterocycles. The van der Waals surface area contributed by atoms with E-state index in [0.29, 0.717) is 22.9 Å². The molecule has 2 aromatic carbocycles. The number of nitrogens with two attached hydrogens (primary N) is 1. The Kier molecular flexibility index (Phi) is 4.48. The summed E-state index contributed by atoms with van der Waals surface area (Å²) in [7, 11) is 1.35. The number of nitrogen functional groups attached to an aromatic ring is 1. The first-order valence-electron chi connectivity index (χ1n) is 6.86. The van der Waals surface area contributed by atoms with E-state index in [4.69, 9.17) is 10.5 Å². The van der Waals surface area contributed by atoms with Crippen LogP contribution in [0.25, 0.3) is 0 Å². The van der Waals surface area contributed by atoms with E-state index in [1.807, 2.05) is 12.1 Å². The van der Waals surface area contributed by atoms with Crippen LogP contribution >= 0.6 is 0 Å². The van der Waals surface area contributed by atoms with Crippen LogP contribution in [0.15, 0.2) is 42.5 Å². The molecule has 21 heavy (non-hydrogen) atoms. The number of hydrogen-bond donors (Lipinski definition) is 2. The fraction of sp³-hybridized carbons (Fsp3) is 0.235. The third-order valence-corrected chi connectivity index (χ3v) is 3.31. The van der Waals surface area contributed by atoms with Crippen molar-refractivity contribution >= 4 is 23.0 Å². The Morgan fingerprint density at radius 1 is 1.14 bits per heavy atom. The molecule has 0 saturated carbocycles. The number of hydrogen-bond acceptors (Lipinski definition) is 4. The standard InChI is InChI=1S/C17H20N2O2/c1-11(2)12-4-7-14(8-5-12)19-16-9-6-13(18)10-15(16)17(20)21-3/h4-11,19H,18H2,1-3H3. The SMILES string of the molecule is COC(=O)c1cc(N)ccc1Nc1ccc(C(C)C)cc1. The van der Waals surface area contributed by atoms with E-state index < -0.39 is 5.97 Å². The largest absolute Gasteiger partial charge is 0.465 e. The maximum absolute atomic E-state index is 11.8. The van der Waals surface area contributed by atoms with E-state index in [2.05, 4.69) is 31.3 Å². The van der Waals surface area contributed by atoms with Crippen LogP contribution in [0, 0.1) is 0 Å². The maximum Gasteiger partial charge on any atom is 0.340 e. The second kappa shape index (κ2) is 6.31. The van der Waals surface area contributed by atoms with Crippen molar-refractivity contribution in [3.8, 4) is 0 Å². The lowest BCUT2D eigenvalue weighted by molar-refractivity contribution is 0.0602. The third-order valence-electron chi connectivity index (χ3n) is 3.31. The summed E-state index contributed by atoms with van der Waals surface area (Å²) in [4.78, 5) is 11.8. The summed E-state index contributed by atoms with van der Waals surface area (Å²) in [6, 6.07) is 13.3. The van der Waals surface area contributed by atoms with Gasteiger partial charge in [0.05, 0.1) is 18.4 Å². The number of carbonyl (C=O) groups is 1. The second-order valence-electron chi connectivity index (χ2n) is 5.20. The lowest BCUT2D eigenvalue weighted by atomic mass is 10.0. The predicted molar refractivity (Wildman–Crippen MR) is 86.0 cm³/mol. The molecule has 0 bridgehead atoms. The average molecular weight is 284 g/mol. The predicted octanol–water partition coefficient (Wildman–Crippen LogP) is 3.92. The molecule has 0 radical (unpaired) electrons. The van der Waals surface area contributed by atoms with Gasteiger partial charge in [0, 0.05) is 11.4 Å². The number of rotatable bonds is 4. The second-order valence-corrected chi connectivity index (χ2v) is 5.20. The Labute approximate surface area is 124 Å². The molecule has 0 unspecified atom stereocenters. The van der Waals surface area contributed by atoms with E-state index in [0.717, 1.165) is 5.69 Å². The van der Waals surface area contributed by atoms with Crippen molar-refractivity contribution in [2.24, 2.45) is 0 Å². The molecule has 110 valence electrons. The Hall–Kier alpha value is -2.49. The topological polar surface area (TPSA) is 64.3 Å². The van der Waals surface area contributed by atoms with Gasteiger partial charge in [-0.05, 0) is 41.8 Å². The molecule has 4 heteroatoms. The minimum atomic E-state index is -0.413. The van der Waals surface area contributed by atoms with Gasteiger partial charge in [-0.2, -0.15) is 0 Å². The summed E-state index contributed by atoms with van der Waals surface area (Å²) in [5.74, 6) is 0.0739. The summed E-state index contributed by atoms with van der Waals surface area (Å²) < 4.78 is 4.79. The molecule has 0 saturated heterocycles. The first-order chi connectivity index (χ1) is 10.0. The minimum absolute atomic E-state index is 0.413. The van der Waals surface area contributed by atoms with Crippen molar-refractivity contribution in [2.45, 2.75) is 19.8 Å². The van der Waals surface area contributed by atoms with Crippen LogP contribution in [0.2, 0.25) is 0 Å². The van der Waals surface area contributed by atoms with Crippen molar-refractivity contribution in [1.29, 1.82) is 0 Å². The lowest BCUT2D eigenvalue weighted by Gasteiger charge is -2.12. The van der Waals surface area contributed by atoms with E-state index in [9.17, 15) is 4.79 Å². The fourth-order valence-electron chi connectivity index (χ4n) is 2.06. The number of ether oxygens (including phenoxy) is 1. The zero-order chi connectivity index (χ0) is 15.4. The molecule has 0 aliphatic carbocycles. The zero-order valence-electron chi connectivity index (χ0n) is 12.5. The van der Waals surface area contributed by atoms with Crippen LogP contribution in [0.4, 0.5) is 17.1 Å². The van der Waals surface area contributed by atoms with E-state index in [1.54, 1.807) is 18.2 Å². The number of carbonyl (C=O) groups excluding carboxylic acids is 1. The summed E-state index contributed by atoms with van der Waals surface area (Å²) in [5, 5.41) is 3.22. The van der Waals surface area contributed by atoms with Crippen LogP contribution in [-0.2, 0) is 4.74 Å². The molecule has 0 fully saturated rings. The maximum atomic E-state index is 11.8. The van der Waals surface area contributed by atoms with Crippen LogP contribution in [0.1, 0.15) is 35.7 Å². The molecular weight excluding hydrogens is 264 g/mol. The van der Waals surface area contributed by atoms with Gasteiger partial charge in [0.2, 0.25) is 0 Å². The fourth-order valence-corrected chi connectivity index (χ4v) is 2.06. The van der Waals surface area contributed by atoms with E-state index in [1.165, 1.54) is 12.7 Å². The molecule has 2 rings (SSSR count). The van der Waals surface area contributed by atoms with Crippen LogP contribution in [-0.4, -0.2) is 13.1 Å². The van der Waals surface area contributed by atoms with Gasteiger partial charge in [0.25, 0.3) is 0 Å². The molecule has 2 aromatic rings. The number of anilines is 3. The minimum Gasteiger partial charge on any atom is -0.465 e. The van der Waals surface area contributed by atoms with Gasteiger partial charge < -0.3 is 15.8 Å². The van der Waals surface area contributed by atoms with Gasteiger partial charge in [-0.15, -0.1) is 0 Å². The van der Waals surface area contributed by atoms with Crippen molar-refractivity contribution in [2.75, 3.05) is 18.2 Å². The molecule has 0 amide bonds. The monoisotopic (exact) mass is 284 g/mol. The van der Waals surface area contributed by atoms with Gasteiger partial charge in [-0.1, -0.05) is 26.0 Å². The van der Waals surface area contributed by atoms with E-state index >= 15 is 0 Å². The quantitative estimate of drug-likeness (QED) is 0.659. The Balaban J connectivity index is 2.28. The zero-order valence-corrected chi connectivity index (χ0v) is 12.5. The Bertz CT molecular complexity index is 634. The van der Waals surface area contributed by atoms with Gasteiger partial charge in [0.1, 0.15) is 0 Å². The molecule has 0 spiro atoms. The van der Waals surface area contributed by atoms with Gasteiger partial charge in [0.15, 0.2) is 0 Å². The van der Waals surface area contributed by atoms with Crippen LogP contribution < -0.4 is 11.1 Å². The van der Waals surface area contributed by atoms with Gasteiger partial charge in [-0.25, -0.2) is 4.79 Å². The molecule has 3 N–H and O–H groups in total. The van der Waals surface area contributed by atoms with Crippen molar-refractivity contribution in [1.82, 2.24) is 0 Å². The summed E-state index contributed by atoms with van der Waals surface area (Å²) in [6.07, 6.45) is 0. The van der Waals surface area contributed by atoms with Crippen LogP contribution in [0.5, 0.6) is 0 Å². The molecule has 4 nitrogen and oxygen atoms in total. The highest BCUT2D eigenvalue weighted by atomic mass is 16.5. The first kappa shape index (κ1) is 14.9. The van der Waals surface area contributed by atoms with Crippen molar-refractivity contribution in [3.05, 3.63) is 53.6 Å². The summed E-state index contributed by atoms with van der Waals surface area (Å²) in [5.41, 5.74) is 9.53. The smallest absolute Gasteiger partial charge is 0.340 e. The van der Waals surface area contributed by atoms with Crippen molar-refractivity contribution < 1.29 is 9.53 Å². The Morgan fingerprint density at radius 3 is 2.38 bits per heavy atom. The highest BCUT2D eigenvalue weighted by Gasteiger charge is 2.12. The molecular formula is C17H20N2O2. The molecule has 0 atom stereocenters. The summed E-state index contributed by atoms with van der Waals surface area (Å²) in [6.45, 7) is 4.30. The normalized spacial score (nSPS) is 10.5. The average Bonchev–Trinajstić information content (AvgIpc) is 2.48. The lowest BCUT2D eigenvalue weighted by Crippen LogP contribution is -2.06. The number of nitrogens with one attached hydrogen (secondary N) is 1. The number of esters is 1. The number of benzene rings is 2. The molecule has 0 aliphatic rings. The van der Waals surface area contributed by atoms with Gasteiger partial charge in [-0.3, -0.25) is 0 Å². The Morgan fingerprint density at radius 2 is 1.81 bits per heavy atom. The third kappa shape index (κ3) is 3.54. The molecule has 0 heterocycles. The van der Waals surface area contributed by atoms with E-state index in [-0.39, 0.29) is 0 Å². The first-order valence-corrected chi connectivity index (χ1v) is 6.86. The molecule has 0 aromatic heterocycles. The summed E-state index contributed by atoms with van der Waals surface area (Å²) >= 11 is 0. The highest BCUT2D eigenvalue weighted by molar-refractivity contribution is 5.97. The highest BCUT2D eigenvalue weighted by Crippen LogP contribution is 2.25. The van der Waals surface area contributed by atoms with Gasteiger partial charge >= 0.3 is 5.97 Å².